The third kappa shape index (κ3) is 5.77. The summed E-state index contributed by atoms with van der Waals surface area (Å²) in [7, 11) is 0. The van der Waals surface area contributed by atoms with Crippen molar-refractivity contribution in [1.29, 1.82) is 0 Å². The monoisotopic (exact) mass is 653 g/mol. The Morgan fingerprint density at radius 2 is 0.863 bits per heavy atom. The van der Waals surface area contributed by atoms with Gasteiger partial charge in [0.25, 0.3) is 0 Å². The van der Waals surface area contributed by atoms with Crippen LogP contribution in [0.3, 0.4) is 0 Å². The molecule has 51 heavy (non-hydrogen) atoms. The van der Waals surface area contributed by atoms with Crippen molar-refractivity contribution in [3.05, 3.63) is 200 Å². The molecule has 0 aliphatic heterocycles. The number of nitrogens with zero attached hydrogens (tertiary/aromatic N) is 1. The molecule has 242 valence electrons. The van der Waals surface area contributed by atoms with E-state index < -0.39 is 0 Å². The van der Waals surface area contributed by atoms with Crippen molar-refractivity contribution in [2.24, 2.45) is 0 Å². The lowest BCUT2D eigenvalue weighted by Gasteiger charge is -2.26. The molecule has 0 spiro atoms. The van der Waals surface area contributed by atoms with Crippen LogP contribution in [0.25, 0.3) is 66.4 Å². The minimum Gasteiger partial charge on any atom is -0.456 e. The summed E-state index contributed by atoms with van der Waals surface area (Å²) in [5.41, 5.74) is 13.6. The molecular weight excluding hydrogens is 619 g/mol. The molecule has 2 heteroatoms. The van der Waals surface area contributed by atoms with Crippen molar-refractivity contribution >= 4 is 38.8 Å². The van der Waals surface area contributed by atoms with Crippen molar-refractivity contribution in [3.63, 3.8) is 0 Å². The van der Waals surface area contributed by atoms with Crippen LogP contribution in [-0.4, -0.2) is 0 Å². The van der Waals surface area contributed by atoms with Crippen LogP contribution in [0, 0.1) is 6.92 Å². The fourth-order valence-electron chi connectivity index (χ4n) is 7.24. The number of fused-ring (bicyclic) bond motifs is 2. The second-order valence-electron chi connectivity index (χ2n) is 13.0. The van der Waals surface area contributed by atoms with Gasteiger partial charge >= 0.3 is 0 Å². The predicted molar refractivity (Wildman–Crippen MR) is 215 cm³/mol. The molecule has 8 aromatic carbocycles. The van der Waals surface area contributed by atoms with Crippen molar-refractivity contribution in [3.8, 4) is 44.7 Å². The molecule has 0 bridgehead atoms. The molecule has 0 fully saturated rings. The van der Waals surface area contributed by atoms with E-state index in [1.165, 1.54) is 38.6 Å². The molecule has 2 nitrogen and oxygen atoms in total. The van der Waals surface area contributed by atoms with Crippen LogP contribution in [0.4, 0.5) is 17.1 Å². The highest BCUT2D eigenvalue weighted by Gasteiger charge is 2.16. The first-order valence-electron chi connectivity index (χ1n) is 17.4. The molecule has 0 N–H and O–H groups in total. The van der Waals surface area contributed by atoms with Gasteiger partial charge in [-0.25, -0.2) is 0 Å². The average molecular weight is 654 g/mol. The summed E-state index contributed by atoms with van der Waals surface area (Å²) in [5.74, 6) is 0.923. The first-order valence-corrected chi connectivity index (χ1v) is 17.4. The molecule has 0 aliphatic carbocycles. The zero-order chi connectivity index (χ0) is 34.1. The maximum atomic E-state index is 6.31. The number of anilines is 3. The number of benzene rings is 8. The van der Waals surface area contributed by atoms with Crippen LogP contribution in [0.1, 0.15) is 5.56 Å². The Balaban J connectivity index is 1.08. The first-order chi connectivity index (χ1) is 25.2. The average Bonchev–Trinajstić information content (AvgIpc) is 3.55. The number of hydrogen-bond donors (Lipinski definition) is 0. The van der Waals surface area contributed by atoms with E-state index in [-0.39, 0.29) is 0 Å². The molecular formula is C49H35NO. The minimum absolute atomic E-state index is 0.918. The molecule has 0 saturated carbocycles. The molecule has 0 unspecified atom stereocenters. The van der Waals surface area contributed by atoms with E-state index in [4.69, 9.17) is 4.42 Å². The van der Waals surface area contributed by atoms with Gasteiger partial charge in [-0.05, 0) is 99.6 Å². The molecule has 0 saturated heterocycles. The van der Waals surface area contributed by atoms with Gasteiger partial charge in [0.15, 0.2) is 0 Å². The van der Waals surface area contributed by atoms with Crippen molar-refractivity contribution in [2.75, 3.05) is 4.90 Å². The van der Waals surface area contributed by atoms with Gasteiger partial charge in [0.2, 0.25) is 0 Å². The molecule has 0 aliphatic rings. The summed E-state index contributed by atoms with van der Waals surface area (Å²) in [6.45, 7) is 2.14. The number of para-hydroxylation sites is 1. The van der Waals surface area contributed by atoms with E-state index in [1.54, 1.807) is 0 Å². The topological polar surface area (TPSA) is 16.4 Å². The molecule has 0 amide bonds. The molecule has 1 heterocycles. The maximum Gasteiger partial charge on any atom is 0.138 e. The Morgan fingerprint density at radius 1 is 0.373 bits per heavy atom. The zero-order valence-electron chi connectivity index (χ0n) is 28.3. The minimum atomic E-state index is 0.918. The van der Waals surface area contributed by atoms with Crippen LogP contribution < -0.4 is 4.90 Å². The van der Waals surface area contributed by atoms with Gasteiger partial charge in [0, 0.05) is 33.6 Å². The Morgan fingerprint density at radius 3 is 1.55 bits per heavy atom. The highest BCUT2D eigenvalue weighted by molar-refractivity contribution is 5.97. The van der Waals surface area contributed by atoms with Crippen LogP contribution >= 0.6 is 0 Å². The van der Waals surface area contributed by atoms with Crippen LogP contribution in [0.2, 0.25) is 0 Å². The molecule has 1 aromatic heterocycles. The van der Waals surface area contributed by atoms with E-state index in [0.29, 0.717) is 0 Å². The Kier molecular flexibility index (Phi) is 7.75. The summed E-state index contributed by atoms with van der Waals surface area (Å²) < 4.78 is 6.31. The molecule has 9 aromatic rings. The quantitative estimate of drug-likeness (QED) is 0.170. The van der Waals surface area contributed by atoms with Crippen molar-refractivity contribution in [1.82, 2.24) is 0 Å². The SMILES string of the molecule is Cc1c(-c2cccc(-c3ccc(N(c4ccc(-c5ccccc5)cc4)c4ccc(-c5cccc6ccccc56)cc4)cc3)c2)oc2ccccc12. The Bertz CT molecular complexity index is 2610. The summed E-state index contributed by atoms with van der Waals surface area (Å²) in [5, 5.41) is 3.66. The number of hydrogen-bond acceptors (Lipinski definition) is 2. The van der Waals surface area contributed by atoms with Crippen LogP contribution in [0.5, 0.6) is 0 Å². The normalized spacial score (nSPS) is 11.2. The lowest BCUT2D eigenvalue weighted by atomic mass is 9.98. The summed E-state index contributed by atoms with van der Waals surface area (Å²) in [4.78, 5) is 2.33. The van der Waals surface area contributed by atoms with Crippen molar-refractivity contribution in [2.45, 2.75) is 6.92 Å². The third-order valence-electron chi connectivity index (χ3n) is 9.89. The van der Waals surface area contributed by atoms with Crippen LogP contribution in [0.15, 0.2) is 199 Å². The predicted octanol–water partition coefficient (Wildman–Crippen LogP) is 14.0. The highest BCUT2D eigenvalue weighted by Crippen LogP contribution is 2.39. The zero-order valence-corrected chi connectivity index (χ0v) is 28.3. The Hall–Kier alpha value is -6.64. The first kappa shape index (κ1) is 30.4. The largest absolute Gasteiger partial charge is 0.456 e. The summed E-state index contributed by atoms with van der Waals surface area (Å²) >= 11 is 0. The standard InChI is InChI=1S/C49H35NO/c1-34-45-17-7-8-20-48(45)51-49(34)41-16-9-15-40(33-41)37-23-29-43(30-24-37)50(42-27-21-36(22-28-42)35-11-3-2-4-12-35)44-31-25-39(26-32-44)47-19-10-14-38-13-5-6-18-46(38)47/h2-33H,1H3. The smallest absolute Gasteiger partial charge is 0.138 e. The van der Waals surface area contributed by atoms with Gasteiger partial charge in [-0.3, -0.25) is 0 Å². The van der Waals surface area contributed by atoms with Gasteiger partial charge in [-0.15, -0.1) is 0 Å². The van der Waals surface area contributed by atoms with Gasteiger partial charge < -0.3 is 9.32 Å². The van der Waals surface area contributed by atoms with E-state index in [1.807, 2.05) is 12.1 Å². The van der Waals surface area contributed by atoms with E-state index in [2.05, 4.69) is 194 Å². The molecule has 9 rings (SSSR count). The summed E-state index contributed by atoms with van der Waals surface area (Å²) in [6, 6.07) is 69.2. The fourth-order valence-corrected chi connectivity index (χ4v) is 7.24. The number of aryl methyl sites for hydroxylation is 1. The van der Waals surface area contributed by atoms with E-state index in [9.17, 15) is 0 Å². The fraction of sp³-hybridized carbons (Fsp3) is 0.0204. The van der Waals surface area contributed by atoms with Gasteiger partial charge in [0.1, 0.15) is 11.3 Å². The maximum absolute atomic E-state index is 6.31. The lowest BCUT2D eigenvalue weighted by Crippen LogP contribution is -2.09. The second-order valence-corrected chi connectivity index (χ2v) is 13.0. The van der Waals surface area contributed by atoms with Gasteiger partial charge in [-0.1, -0.05) is 146 Å². The van der Waals surface area contributed by atoms with Gasteiger partial charge in [-0.2, -0.15) is 0 Å². The highest BCUT2D eigenvalue weighted by atomic mass is 16.3. The van der Waals surface area contributed by atoms with Crippen LogP contribution in [-0.2, 0) is 0 Å². The second kappa shape index (κ2) is 13.0. The van der Waals surface area contributed by atoms with Gasteiger partial charge in [0.05, 0.1) is 0 Å². The number of rotatable bonds is 7. The lowest BCUT2D eigenvalue weighted by molar-refractivity contribution is 0.629. The molecule has 0 atom stereocenters. The van der Waals surface area contributed by atoms with E-state index >= 15 is 0 Å². The molecule has 0 radical (unpaired) electrons. The summed E-state index contributed by atoms with van der Waals surface area (Å²) in [6.07, 6.45) is 0. The Labute approximate surface area is 298 Å². The number of furan rings is 1. The van der Waals surface area contributed by atoms with Crippen molar-refractivity contribution < 1.29 is 4.42 Å². The third-order valence-corrected chi connectivity index (χ3v) is 9.89. The van der Waals surface area contributed by atoms with E-state index in [0.717, 1.165) is 50.5 Å².